The standard InChI is InChI=1S/C32H30F2N4O2/c33-23-6-9-26(10-7-23)38-28-15-24(34)8-11-27(28)37(19-32-16-20-12-21(17-32)14-22(13-20)18-32)30(39)29(31(38)40)36-35-25-4-2-1-3-5-25/h1-11,15,20-22,35H,12-14,16-19H2/b36-29-. The molecule has 4 aliphatic rings. The Morgan fingerprint density at radius 2 is 1.40 bits per heavy atom. The van der Waals surface area contributed by atoms with Crippen LogP contribution in [0.25, 0.3) is 16.7 Å². The molecule has 0 aliphatic heterocycles. The average Bonchev–Trinajstić information content (AvgIpc) is 3.00. The largest absolute Gasteiger partial charge is 0.304 e. The second-order valence-corrected chi connectivity index (χ2v) is 12.0. The molecule has 4 fully saturated rings. The number of benzene rings is 3. The van der Waals surface area contributed by atoms with Gasteiger partial charge in [0.05, 0.1) is 16.7 Å². The minimum absolute atomic E-state index is 0.0396. The predicted octanol–water partition coefficient (Wildman–Crippen LogP) is 5.57. The Hall–Kier alpha value is -4.07. The van der Waals surface area contributed by atoms with E-state index in [0.29, 0.717) is 41.2 Å². The molecule has 0 spiro atoms. The summed E-state index contributed by atoms with van der Waals surface area (Å²) in [5, 5.41) is 4.02. The van der Waals surface area contributed by atoms with Gasteiger partial charge < -0.3 is 4.57 Å². The smallest absolute Gasteiger partial charge is 0.289 e. The van der Waals surface area contributed by atoms with Crippen LogP contribution in [0, 0.1) is 34.8 Å². The third-order valence-electron chi connectivity index (χ3n) is 9.14. The van der Waals surface area contributed by atoms with Crippen LogP contribution in [0.4, 0.5) is 14.5 Å². The number of hydrogen-bond acceptors (Lipinski definition) is 4. The Bertz CT molecular complexity index is 1760. The van der Waals surface area contributed by atoms with Gasteiger partial charge in [-0.05, 0) is 110 Å². The summed E-state index contributed by atoms with van der Waals surface area (Å²) in [6.07, 6.45) is 6.97. The molecule has 1 aromatic heterocycles. The van der Waals surface area contributed by atoms with Crippen LogP contribution in [0.1, 0.15) is 38.5 Å². The van der Waals surface area contributed by atoms with Gasteiger partial charge in [-0.2, -0.15) is 5.10 Å². The van der Waals surface area contributed by atoms with Crippen molar-refractivity contribution in [1.82, 2.24) is 9.13 Å². The minimum Gasteiger partial charge on any atom is -0.304 e. The summed E-state index contributed by atoms with van der Waals surface area (Å²) < 4.78 is 31.5. The van der Waals surface area contributed by atoms with Crippen LogP contribution in [-0.4, -0.2) is 9.13 Å². The molecule has 6 nitrogen and oxygen atoms in total. The molecule has 204 valence electrons. The van der Waals surface area contributed by atoms with Crippen LogP contribution >= 0.6 is 0 Å². The normalized spacial score (nSPS) is 25.4. The molecule has 0 saturated heterocycles. The van der Waals surface area contributed by atoms with Gasteiger partial charge in [-0.3, -0.25) is 19.6 Å². The third-order valence-corrected chi connectivity index (χ3v) is 9.14. The molecule has 8 rings (SSSR count). The van der Waals surface area contributed by atoms with Crippen molar-refractivity contribution in [2.45, 2.75) is 45.1 Å². The number of fused-ring (bicyclic) bond motifs is 1. The molecule has 1 N–H and O–H groups in total. The van der Waals surface area contributed by atoms with E-state index in [1.165, 1.54) is 60.2 Å². The van der Waals surface area contributed by atoms with Gasteiger partial charge in [-0.15, -0.1) is 0 Å². The van der Waals surface area contributed by atoms with E-state index in [0.717, 1.165) is 19.3 Å². The molecule has 1 heterocycles. The van der Waals surface area contributed by atoms with E-state index in [1.54, 1.807) is 22.8 Å². The van der Waals surface area contributed by atoms with E-state index >= 15 is 0 Å². The number of anilines is 1. The van der Waals surface area contributed by atoms with Crippen molar-refractivity contribution in [3.63, 3.8) is 0 Å². The van der Waals surface area contributed by atoms with Gasteiger partial charge in [0.25, 0.3) is 11.1 Å². The number of nitrogens with one attached hydrogen (secondary N) is 1. The fraction of sp³-hybridized carbons (Fsp3) is 0.344. The summed E-state index contributed by atoms with van der Waals surface area (Å²) in [4.78, 5) is 28.5. The second-order valence-electron chi connectivity index (χ2n) is 12.0. The fourth-order valence-electron chi connectivity index (χ4n) is 8.00. The van der Waals surface area contributed by atoms with Crippen molar-refractivity contribution in [3.8, 4) is 5.69 Å². The molecule has 0 unspecified atom stereocenters. The molecule has 40 heavy (non-hydrogen) atoms. The molecule has 4 bridgehead atoms. The molecule has 4 saturated carbocycles. The first-order valence-corrected chi connectivity index (χ1v) is 14.0. The number of aromatic nitrogens is 2. The number of halogens is 2. The van der Waals surface area contributed by atoms with Crippen molar-refractivity contribution in [1.29, 1.82) is 0 Å². The maximum atomic E-state index is 14.8. The van der Waals surface area contributed by atoms with Crippen molar-refractivity contribution in [2.24, 2.45) is 28.3 Å². The van der Waals surface area contributed by atoms with Gasteiger partial charge in [0, 0.05) is 18.3 Å². The van der Waals surface area contributed by atoms with Gasteiger partial charge in [-0.25, -0.2) is 8.78 Å². The highest BCUT2D eigenvalue weighted by Gasteiger charge is 2.51. The van der Waals surface area contributed by atoms with Gasteiger partial charge >= 0.3 is 0 Å². The van der Waals surface area contributed by atoms with Crippen LogP contribution in [0.2, 0.25) is 0 Å². The van der Waals surface area contributed by atoms with Crippen molar-refractivity contribution in [3.05, 3.63) is 110 Å². The first-order chi connectivity index (χ1) is 19.4. The molecule has 0 atom stereocenters. The first kappa shape index (κ1) is 24.9. The fourth-order valence-corrected chi connectivity index (χ4v) is 8.00. The molecule has 4 aliphatic carbocycles. The van der Waals surface area contributed by atoms with E-state index in [2.05, 4.69) is 10.5 Å². The quantitative estimate of drug-likeness (QED) is 0.337. The topological polar surface area (TPSA) is 68.4 Å². The summed E-state index contributed by atoms with van der Waals surface area (Å²) in [6.45, 7) is 0.447. The van der Waals surface area contributed by atoms with Gasteiger partial charge in [0.2, 0.25) is 5.36 Å². The van der Waals surface area contributed by atoms with Gasteiger partial charge in [-0.1, -0.05) is 18.2 Å². The Labute approximate surface area is 229 Å². The third kappa shape index (κ3) is 4.35. The lowest BCUT2D eigenvalue weighted by molar-refractivity contribution is -0.0617. The van der Waals surface area contributed by atoms with Crippen LogP contribution in [0.3, 0.4) is 0 Å². The summed E-state index contributed by atoms with van der Waals surface area (Å²) in [5.74, 6) is 1.01. The van der Waals surface area contributed by atoms with Crippen LogP contribution in [0.5, 0.6) is 0 Å². The van der Waals surface area contributed by atoms with Crippen LogP contribution in [-0.2, 0) is 6.54 Å². The highest BCUT2D eigenvalue weighted by atomic mass is 19.1. The lowest BCUT2D eigenvalue weighted by atomic mass is 9.49. The molecule has 3 aromatic carbocycles. The zero-order valence-electron chi connectivity index (χ0n) is 22.0. The number of hydrogen-bond donors (Lipinski definition) is 1. The van der Waals surface area contributed by atoms with Crippen molar-refractivity contribution >= 4 is 16.7 Å². The average molecular weight is 541 g/mol. The summed E-state index contributed by atoms with van der Waals surface area (Å²) in [5.41, 5.74) is 3.20. The lowest BCUT2D eigenvalue weighted by Gasteiger charge is -2.57. The molecule has 4 aromatic rings. The number of para-hydroxylation sites is 1. The Morgan fingerprint density at radius 3 is 2.05 bits per heavy atom. The van der Waals surface area contributed by atoms with E-state index in [-0.39, 0.29) is 16.3 Å². The molecule has 0 amide bonds. The maximum Gasteiger partial charge on any atom is 0.289 e. The summed E-state index contributed by atoms with van der Waals surface area (Å²) in [7, 11) is 0. The van der Waals surface area contributed by atoms with Crippen LogP contribution < -0.4 is 21.9 Å². The highest BCUT2D eigenvalue weighted by Crippen LogP contribution is 2.60. The minimum atomic E-state index is -0.708. The highest BCUT2D eigenvalue weighted by molar-refractivity contribution is 5.77. The Kier molecular flexibility index (Phi) is 5.95. The zero-order valence-corrected chi connectivity index (χ0v) is 22.0. The SMILES string of the molecule is O=c1/c(=N/Nc2ccccc2)c(=O)n(-c2ccc(F)cc2)c2cc(F)ccc2n1CC12CC3CC(CC(C3)C1)C2. The van der Waals surface area contributed by atoms with Crippen molar-refractivity contribution in [2.75, 3.05) is 5.43 Å². The van der Waals surface area contributed by atoms with Crippen molar-refractivity contribution < 1.29 is 8.78 Å². The number of rotatable bonds is 5. The second kappa shape index (κ2) is 9.54. The lowest BCUT2D eigenvalue weighted by Crippen LogP contribution is -2.51. The number of nitrogens with zero attached hydrogens (tertiary/aromatic N) is 3. The van der Waals surface area contributed by atoms with Gasteiger partial charge in [0.15, 0.2) is 0 Å². The van der Waals surface area contributed by atoms with E-state index in [4.69, 9.17) is 0 Å². The van der Waals surface area contributed by atoms with E-state index < -0.39 is 22.8 Å². The molecular weight excluding hydrogens is 510 g/mol. The Balaban J connectivity index is 1.51. The molecular formula is C32H30F2N4O2. The summed E-state index contributed by atoms with van der Waals surface area (Å²) in [6, 6.07) is 18.6. The van der Waals surface area contributed by atoms with Gasteiger partial charge in [0.1, 0.15) is 11.6 Å². The summed E-state index contributed by atoms with van der Waals surface area (Å²) >= 11 is 0. The van der Waals surface area contributed by atoms with E-state index in [1.807, 2.05) is 18.2 Å². The maximum absolute atomic E-state index is 14.8. The molecule has 0 radical (unpaired) electrons. The van der Waals surface area contributed by atoms with Crippen LogP contribution in [0.15, 0.2) is 87.5 Å². The first-order valence-electron chi connectivity index (χ1n) is 14.0. The predicted molar refractivity (Wildman–Crippen MR) is 150 cm³/mol. The van der Waals surface area contributed by atoms with E-state index in [9.17, 15) is 18.4 Å². The molecule has 8 heteroatoms. The monoisotopic (exact) mass is 540 g/mol. The zero-order chi connectivity index (χ0) is 27.4. The Morgan fingerprint density at radius 1 is 0.775 bits per heavy atom.